The average Bonchev–Trinajstić information content (AvgIpc) is 2.83. The molecule has 0 bridgehead atoms. The molecule has 1 saturated heterocycles. The van der Waals surface area contributed by atoms with Crippen molar-refractivity contribution in [1.82, 2.24) is 9.80 Å². The highest BCUT2D eigenvalue weighted by Crippen LogP contribution is 2.33. The molecule has 1 unspecified atom stereocenters. The van der Waals surface area contributed by atoms with E-state index in [0.29, 0.717) is 10.8 Å². The highest BCUT2D eigenvalue weighted by atomic mass is 35.5. The Labute approximate surface area is 213 Å². The third kappa shape index (κ3) is 6.40. The fourth-order valence-electron chi connectivity index (χ4n) is 4.30. The minimum absolute atomic E-state index is 0. The van der Waals surface area contributed by atoms with Gasteiger partial charge in [-0.25, -0.2) is 0 Å². The van der Waals surface area contributed by atoms with E-state index in [1.54, 1.807) is 7.11 Å². The number of ketones is 1. The Morgan fingerprint density at radius 2 is 1.70 bits per heavy atom. The van der Waals surface area contributed by atoms with Crippen molar-refractivity contribution in [2.45, 2.75) is 19.4 Å². The minimum Gasteiger partial charge on any atom is -0.495 e. The number of Topliss-reactive ketones (excluding diaryl/α,β-unsaturated/α-hetero) is 1. The van der Waals surface area contributed by atoms with E-state index in [1.165, 1.54) is 5.56 Å². The number of fused-ring (bicyclic) bond motifs is 1. The summed E-state index contributed by atoms with van der Waals surface area (Å²) < 4.78 is 5.29. The molecule has 0 aromatic heterocycles. The number of carbonyl (C=O) groups excluding carboxylic acids is 1. The molecule has 0 radical (unpaired) electrons. The van der Waals surface area contributed by atoms with Gasteiger partial charge in [0.2, 0.25) is 0 Å². The third-order valence-corrected chi connectivity index (χ3v) is 6.71. The number of ether oxygens (including phenoxy) is 1. The van der Waals surface area contributed by atoms with Gasteiger partial charge in [-0.15, -0.1) is 24.8 Å². The van der Waals surface area contributed by atoms with Gasteiger partial charge in [0.15, 0.2) is 5.78 Å². The quantitative estimate of drug-likeness (QED) is 0.378. The van der Waals surface area contributed by atoms with Gasteiger partial charge in [0.05, 0.1) is 18.2 Å². The zero-order valence-corrected chi connectivity index (χ0v) is 21.4. The van der Waals surface area contributed by atoms with Crippen LogP contribution in [-0.2, 0) is 6.42 Å². The van der Waals surface area contributed by atoms with E-state index in [2.05, 4.69) is 40.1 Å². The van der Waals surface area contributed by atoms with Crippen molar-refractivity contribution >= 4 is 53.0 Å². The smallest absolute Gasteiger partial charge is 0.179 e. The second kappa shape index (κ2) is 12.6. The molecule has 178 valence electrons. The van der Waals surface area contributed by atoms with Gasteiger partial charge >= 0.3 is 0 Å². The summed E-state index contributed by atoms with van der Waals surface area (Å²) in [6.07, 6.45) is 1.07. The number of benzene rings is 3. The lowest BCUT2D eigenvalue weighted by Gasteiger charge is -2.37. The molecule has 3 aromatic rings. The molecule has 4 nitrogen and oxygen atoms in total. The van der Waals surface area contributed by atoms with E-state index in [0.717, 1.165) is 55.5 Å². The normalized spacial score (nSPS) is 15.4. The van der Waals surface area contributed by atoms with Crippen LogP contribution in [0.1, 0.15) is 22.8 Å². The molecule has 0 saturated carbocycles. The minimum atomic E-state index is -0.137. The largest absolute Gasteiger partial charge is 0.495 e. The monoisotopic (exact) mass is 508 g/mol. The summed E-state index contributed by atoms with van der Waals surface area (Å²) in [5.74, 6) is 0.804. The number of carbonyl (C=O) groups is 1. The summed E-state index contributed by atoms with van der Waals surface area (Å²) in [7, 11) is 1.61. The molecule has 1 atom stereocenters. The molecule has 4 rings (SSSR count). The fraction of sp³-hybridized carbons (Fsp3) is 0.346. The van der Waals surface area contributed by atoms with Crippen molar-refractivity contribution in [2.24, 2.45) is 0 Å². The number of piperazine rings is 1. The van der Waals surface area contributed by atoms with Gasteiger partial charge in [-0.1, -0.05) is 60.1 Å². The van der Waals surface area contributed by atoms with Crippen LogP contribution < -0.4 is 4.74 Å². The Balaban J connectivity index is 0.00000193. The Kier molecular flexibility index (Phi) is 10.5. The first-order valence-electron chi connectivity index (χ1n) is 10.9. The molecule has 1 aliphatic rings. The number of nitrogens with zero attached hydrogens (tertiary/aromatic N) is 2. The summed E-state index contributed by atoms with van der Waals surface area (Å²) in [4.78, 5) is 18.0. The van der Waals surface area contributed by atoms with Gasteiger partial charge in [0.25, 0.3) is 0 Å². The second-order valence-electron chi connectivity index (χ2n) is 8.17. The molecule has 0 spiro atoms. The zero-order valence-electron chi connectivity index (χ0n) is 19.0. The summed E-state index contributed by atoms with van der Waals surface area (Å²) in [6, 6.07) is 20.0. The van der Waals surface area contributed by atoms with Crippen LogP contribution in [0.4, 0.5) is 0 Å². The molecule has 0 N–H and O–H groups in total. The van der Waals surface area contributed by atoms with Crippen LogP contribution >= 0.6 is 36.4 Å². The van der Waals surface area contributed by atoms with Crippen molar-refractivity contribution in [3.63, 3.8) is 0 Å². The molecule has 1 aliphatic heterocycles. The van der Waals surface area contributed by atoms with E-state index in [-0.39, 0.29) is 36.6 Å². The van der Waals surface area contributed by atoms with Crippen LogP contribution in [0.25, 0.3) is 10.8 Å². The van der Waals surface area contributed by atoms with Crippen LogP contribution in [0, 0.1) is 0 Å². The van der Waals surface area contributed by atoms with Gasteiger partial charge < -0.3 is 9.64 Å². The third-order valence-electron chi connectivity index (χ3n) is 6.32. The first-order valence-corrected chi connectivity index (χ1v) is 11.3. The van der Waals surface area contributed by atoms with Gasteiger partial charge in [-0.3, -0.25) is 9.69 Å². The van der Waals surface area contributed by atoms with Crippen LogP contribution in [0.3, 0.4) is 0 Å². The maximum atomic E-state index is 13.2. The molecule has 0 amide bonds. The maximum absolute atomic E-state index is 13.2. The van der Waals surface area contributed by atoms with Crippen molar-refractivity contribution in [3.8, 4) is 5.75 Å². The van der Waals surface area contributed by atoms with Gasteiger partial charge in [0, 0.05) is 43.7 Å². The van der Waals surface area contributed by atoms with Crippen molar-refractivity contribution in [3.05, 3.63) is 76.8 Å². The summed E-state index contributed by atoms with van der Waals surface area (Å²) in [5.41, 5.74) is 2.11. The number of methoxy groups -OCH3 is 1. The standard InChI is InChI=1S/C26H29ClN2O2.2ClH/c1-19(29-16-14-28(15-17-29)13-12-20-6-4-3-5-7-20)26(30)22-8-10-23-21(18-22)9-11-24(31-2)25(23)27;;/h3-11,18-19H,12-17H2,1-2H3;2*1H. The first-order chi connectivity index (χ1) is 15.1. The second-order valence-corrected chi connectivity index (χ2v) is 8.55. The van der Waals surface area contributed by atoms with Gasteiger partial charge in [-0.05, 0) is 36.4 Å². The maximum Gasteiger partial charge on any atom is 0.179 e. The van der Waals surface area contributed by atoms with Crippen molar-refractivity contribution in [1.29, 1.82) is 0 Å². The van der Waals surface area contributed by atoms with Gasteiger partial charge in [-0.2, -0.15) is 0 Å². The predicted molar refractivity (Wildman–Crippen MR) is 142 cm³/mol. The Hall–Kier alpha value is -1.82. The molecule has 3 aromatic carbocycles. The molecule has 1 heterocycles. The SMILES string of the molecule is COc1ccc2cc(C(=O)C(C)N3CCN(CCc4ccccc4)CC3)ccc2c1Cl.Cl.Cl. The van der Waals surface area contributed by atoms with E-state index >= 15 is 0 Å². The Bertz CT molecular complexity index is 1050. The molecule has 33 heavy (non-hydrogen) atoms. The summed E-state index contributed by atoms with van der Waals surface area (Å²) >= 11 is 6.41. The average molecular weight is 510 g/mol. The highest BCUT2D eigenvalue weighted by molar-refractivity contribution is 6.37. The van der Waals surface area contributed by atoms with Crippen LogP contribution in [-0.4, -0.2) is 61.5 Å². The van der Waals surface area contributed by atoms with Crippen molar-refractivity contribution in [2.75, 3.05) is 39.8 Å². The van der Waals surface area contributed by atoms with E-state index in [9.17, 15) is 4.79 Å². The van der Waals surface area contributed by atoms with Crippen molar-refractivity contribution < 1.29 is 9.53 Å². The Morgan fingerprint density at radius 1 is 1.00 bits per heavy atom. The number of hydrogen-bond acceptors (Lipinski definition) is 4. The molecule has 0 aliphatic carbocycles. The molecular weight excluding hydrogens is 479 g/mol. The number of halogens is 3. The topological polar surface area (TPSA) is 32.8 Å². The van der Waals surface area contributed by atoms with E-state index in [4.69, 9.17) is 16.3 Å². The van der Waals surface area contributed by atoms with Crippen LogP contribution in [0.5, 0.6) is 5.75 Å². The molecule has 1 fully saturated rings. The number of rotatable bonds is 7. The van der Waals surface area contributed by atoms with Gasteiger partial charge in [0.1, 0.15) is 5.75 Å². The summed E-state index contributed by atoms with van der Waals surface area (Å²) in [5, 5.41) is 2.44. The Morgan fingerprint density at radius 3 is 2.36 bits per heavy atom. The lowest BCUT2D eigenvalue weighted by Crippen LogP contribution is -2.52. The summed E-state index contributed by atoms with van der Waals surface area (Å²) in [6.45, 7) is 6.91. The zero-order chi connectivity index (χ0) is 21.8. The van der Waals surface area contributed by atoms with Crippen LogP contribution in [0.2, 0.25) is 5.02 Å². The molecular formula is C26H31Cl3N2O2. The highest BCUT2D eigenvalue weighted by Gasteiger charge is 2.26. The lowest BCUT2D eigenvalue weighted by molar-refractivity contribution is 0.0703. The molecule has 7 heteroatoms. The predicted octanol–water partition coefficient (Wildman–Crippen LogP) is 5.78. The fourth-order valence-corrected chi connectivity index (χ4v) is 4.61. The van der Waals surface area contributed by atoms with Crippen LogP contribution in [0.15, 0.2) is 60.7 Å². The first kappa shape index (κ1) is 27.4. The van der Waals surface area contributed by atoms with E-state index in [1.807, 2.05) is 37.3 Å². The van der Waals surface area contributed by atoms with E-state index < -0.39 is 0 Å². The number of hydrogen-bond donors (Lipinski definition) is 0. The lowest BCUT2D eigenvalue weighted by atomic mass is 9.99.